The lowest BCUT2D eigenvalue weighted by Gasteiger charge is -2.44. The van der Waals surface area contributed by atoms with Gasteiger partial charge in [0.15, 0.2) is 0 Å². The third-order valence-electron chi connectivity index (χ3n) is 7.66. The maximum atomic E-state index is 13.6. The number of hydrogen-bond donors (Lipinski definition) is 1. The highest BCUT2D eigenvalue weighted by Crippen LogP contribution is 2.47. The number of rotatable bonds is 12. The van der Waals surface area contributed by atoms with Gasteiger partial charge in [-0.25, -0.2) is 17.3 Å². The Morgan fingerprint density at radius 2 is 1.63 bits per heavy atom. The first-order valence-corrected chi connectivity index (χ1v) is 16.8. The van der Waals surface area contributed by atoms with Crippen LogP contribution in [0.25, 0.3) is 0 Å². The summed E-state index contributed by atoms with van der Waals surface area (Å²) >= 11 is 4.10. The van der Waals surface area contributed by atoms with E-state index in [1.165, 1.54) is 0 Å². The van der Waals surface area contributed by atoms with Gasteiger partial charge in [-0.15, -0.1) is 0 Å². The highest BCUT2D eigenvalue weighted by molar-refractivity contribution is 7.89. The summed E-state index contributed by atoms with van der Waals surface area (Å²) in [6, 6.07) is 22.8. The lowest BCUT2D eigenvalue weighted by atomic mass is 9.60. The Kier molecular flexibility index (Phi) is 9.92. The molecule has 1 aliphatic carbocycles. The molecule has 0 unspecified atom stereocenters. The van der Waals surface area contributed by atoms with Crippen LogP contribution in [0.3, 0.4) is 0 Å². The van der Waals surface area contributed by atoms with E-state index in [9.17, 15) is 12.6 Å². The predicted octanol–water partition coefficient (Wildman–Crippen LogP) is 7.65. The highest BCUT2D eigenvalue weighted by atomic mass is 35.5. The number of nitrogens with zero attached hydrogens (tertiary/aromatic N) is 1. The van der Waals surface area contributed by atoms with Crippen LogP contribution in [0, 0.1) is 12.8 Å². The minimum absolute atomic E-state index is 0.146. The molecule has 0 aliphatic heterocycles. The fourth-order valence-corrected chi connectivity index (χ4v) is 7.70. The Morgan fingerprint density at radius 3 is 2.17 bits per heavy atom. The van der Waals surface area contributed by atoms with Crippen LogP contribution in [0.15, 0.2) is 88.2 Å². The van der Waals surface area contributed by atoms with E-state index < -0.39 is 32.9 Å². The maximum Gasteiger partial charge on any atom is 0.285 e. The van der Waals surface area contributed by atoms with Crippen LogP contribution < -0.4 is 4.72 Å². The van der Waals surface area contributed by atoms with Crippen LogP contribution in [-0.2, 0) is 30.9 Å². The van der Waals surface area contributed by atoms with Gasteiger partial charge in [-0.3, -0.25) is 4.18 Å². The number of aryl methyl sites for hydroxylation is 1. The molecule has 0 aromatic heterocycles. The summed E-state index contributed by atoms with van der Waals surface area (Å²) in [6.45, 7) is 9.59. The first-order valence-electron chi connectivity index (χ1n) is 13.9. The number of halogens is 1. The van der Waals surface area contributed by atoms with Crippen molar-refractivity contribution in [2.45, 2.75) is 82.3 Å². The Hall–Kier alpha value is -2.36. The Labute approximate surface area is 252 Å². The minimum Gasteiger partial charge on any atom is -0.264 e. The average Bonchev–Trinajstić information content (AvgIpc) is 2.88. The standard InChI is InChI=1S/C32H39ClN2O4S2/c1-23(2)22-29(32(20-9-21-32)26-14-16-27(33)17-15-26)34-40(36)39-31(4,5)30(25-10-7-6-8-11-25)35-41(37,38)28-18-12-24(3)13-19-28/h6-8,10-19,23,30,35H,9,20-22H2,1-5H3/t30-,40-/m1/s1. The zero-order valence-corrected chi connectivity index (χ0v) is 26.7. The van der Waals surface area contributed by atoms with Gasteiger partial charge in [0, 0.05) is 16.1 Å². The van der Waals surface area contributed by atoms with Crippen molar-refractivity contribution in [3.05, 3.63) is 101 Å². The van der Waals surface area contributed by atoms with E-state index in [1.807, 2.05) is 61.5 Å². The fourth-order valence-electron chi connectivity index (χ4n) is 5.29. The van der Waals surface area contributed by atoms with Gasteiger partial charge in [0.05, 0.1) is 10.9 Å². The van der Waals surface area contributed by atoms with Crippen molar-refractivity contribution in [2.75, 3.05) is 0 Å². The van der Waals surface area contributed by atoms with Gasteiger partial charge >= 0.3 is 0 Å². The zero-order chi connectivity index (χ0) is 29.8. The van der Waals surface area contributed by atoms with Crippen molar-refractivity contribution in [1.29, 1.82) is 0 Å². The smallest absolute Gasteiger partial charge is 0.264 e. The van der Waals surface area contributed by atoms with Crippen LogP contribution in [0.2, 0.25) is 5.02 Å². The largest absolute Gasteiger partial charge is 0.285 e. The molecule has 1 aliphatic rings. The molecule has 41 heavy (non-hydrogen) atoms. The van der Waals surface area contributed by atoms with Crippen LogP contribution in [0.1, 0.15) is 76.1 Å². The number of sulfonamides is 1. The fraction of sp³-hybridized carbons (Fsp3) is 0.406. The number of hydrogen-bond acceptors (Lipinski definition) is 4. The van der Waals surface area contributed by atoms with Gasteiger partial charge in [0.2, 0.25) is 10.0 Å². The second kappa shape index (κ2) is 12.9. The molecule has 1 N–H and O–H groups in total. The molecule has 6 nitrogen and oxygen atoms in total. The van der Waals surface area contributed by atoms with E-state index >= 15 is 0 Å². The first-order chi connectivity index (χ1) is 19.3. The van der Waals surface area contributed by atoms with Crippen molar-refractivity contribution < 1.29 is 16.8 Å². The lowest BCUT2D eigenvalue weighted by Crippen LogP contribution is -2.45. The minimum atomic E-state index is -3.92. The molecule has 2 atom stereocenters. The summed E-state index contributed by atoms with van der Waals surface area (Å²) in [5.41, 5.74) is 2.06. The summed E-state index contributed by atoms with van der Waals surface area (Å²) < 4.78 is 54.1. The molecule has 0 radical (unpaired) electrons. The van der Waals surface area contributed by atoms with Crippen molar-refractivity contribution in [3.63, 3.8) is 0 Å². The highest BCUT2D eigenvalue weighted by Gasteiger charge is 2.44. The van der Waals surface area contributed by atoms with Crippen LogP contribution >= 0.6 is 11.6 Å². The normalized spacial score (nSPS) is 17.2. The van der Waals surface area contributed by atoms with E-state index in [2.05, 4.69) is 18.6 Å². The molecule has 0 amide bonds. The maximum absolute atomic E-state index is 13.6. The monoisotopic (exact) mass is 614 g/mol. The van der Waals surface area contributed by atoms with Crippen molar-refractivity contribution in [3.8, 4) is 0 Å². The molecule has 3 aromatic rings. The molecule has 3 aromatic carbocycles. The molecule has 1 saturated carbocycles. The Balaban J connectivity index is 1.66. The summed E-state index contributed by atoms with van der Waals surface area (Å²) in [7, 11) is -3.92. The van der Waals surface area contributed by atoms with Crippen LogP contribution in [-0.4, -0.2) is 23.9 Å². The number of benzene rings is 3. The van der Waals surface area contributed by atoms with Crippen LogP contribution in [0.4, 0.5) is 0 Å². The second-order valence-electron chi connectivity index (χ2n) is 11.8. The van der Waals surface area contributed by atoms with Crippen LogP contribution in [0.5, 0.6) is 0 Å². The molecular formula is C32H39ClN2O4S2. The molecular weight excluding hydrogens is 576 g/mol. The summed E-state index contributed by atoms with van der Waals surface area (Å²) in [4.78, 5) is 0.146. The molecule has 0 spiro atoms. The van der Waals surface area contributed by atoms with E-state index in [4.69, 9.17) is 20.2 Å². The van der Waals surface area contributed by atoms with Crippen molar-refractivity contribution >= 4 is 38.6 Å². The first kappa shape index (κ1) is 31.6. The quantitative estimate of drug-likeness (QED) is 0.212. The summed E-state index contributed by atoms with van der Waals surface area (Å²) in [5, 5.41) is 0.666. The van der Waals surface area contributed by atoms with E-state index in [1.54, 1.807) is 38.1 Å². The van der Waals surface area contributed by atoms with E-state index in [0.29, 0.717) is 22.9 Å². The van der Waals surface area contributed by atoms with E-state index in [-0.39, 0.29) is 10.3 Å². The summed E-state index contributed by atoms with van der Waals surface area (Å²) in [6.07, 6.45) is 3.53. The second-order valence-corrected chi connectivity index (χ2v) is 14.7. The molecule has 1 fully saturated rings. The number of nitrogens with one attached hydrogen (secondary N) is 1. The predicted molar refractivity (Wildman–Crippen MR) is 168 cm³/mol. The topological polar surface area (TPSA) is 84.8 Å². The molecule has 0 bridgehead atoms. The third kappa shape index (κ3) is 7.54. The Bertz CT molecular complexity index is 1480. The Morgan fingerprint density at radius 1 is 1.02 bits per heavy atom. The van der Waals surface area contributed by atoms with Gasteiger partial charge in [0.25, 0.3) is 11.3 Å². The molecule has 220 valence electrons. The molecule has 4 rings (SSSR count). The van der Waals surface area contributed by atoms with Gasteiger partial charge in [-0.05, 0) is 81.3 Å². The summed E-state index contributed by atoms with van der Waals surface area (Å²) in [5.74, 6) is 0.293. The molecule has 9 heteroatoms. The van der Waals surface area contributed by atoms with Gasteiger partial charge < -0.3 is 0 Å². The molecule has 0 heterocycles. The zero-order valence-electron chi connectivity index (χ0n) is 24.3. The SMILES string of the molecule is Cc1ccc(S(=O)(=O)N[C@H](c2ccccc2)C(C)(C)O[S@@](=O)N=C(CC(C)C)C2(c3ccc(Cl)cc3)CCC2)cc1. The lowest BCUT2D eigenvalue weighted by molar-refractivity contribution is 0.0898. The van der Waals surface area contributed by atoms with E-state index in [0.717, 1.165) is 36.1 Å². The van der Waals surface area contributed by atoms with Gasteiger partial charge in [-0.1, -0.05) is 92.0 Å². The average molecular weight is 615 g/mol. The van der Waals surface area contributed by atoms with Gasteiger partial charge in [0.1, 0.15) is 5.60 Å². The molecule has 0 saturated heterocycles. The van der Waals surface area contributed by atoms with Crippen molar-refractivity contribution in [1.82, 2.24) is 4.72 Å². The van der Waals surface area contributed by atoms with Crippen molar-refractivity contribution in [2.24, 2.45) is 10.3 Å². The third-order valence-corrected chi connectivity index (χ3v) is 10.3. The van der Waals surface area contributed by atoms with Gasteiger partial charge in [-0.2, -0.15) is 4.40 Å².